The Morgan fingerprint density at radius 2 is 1.52 bits per heavy atom. The Morgan fingerprint density at radius 1 is 1.00 bits per heavy atom. The maximum Gasteiger partial charge on any atom is 0.280 e. The Bertz CT molecular complexity index is 701. The third-order valence-corrected chi connectivity index (χ3v) is 3.13. The van der Waals surface area contributed by atoms with E-state index in [0.29, 0.717) is 17.7 Å². The average Bonchev–Trinajstić information content (AvgIpc) is 2.54. The summed E-state index contributed by atoms with van der Waals surface area (Å²) in [5.74, 6) is 0.262. The molecular weight excluding hydrogens is 307 g/mol. The third-order valence-electron chi connectivity index (χ3n) is 3.13. The number of halogens is 1. The van der Waals surface area contributed by atoms with Crippen LogP contribution in [0.15, 0.2) is 42.5 Å². The molecule has 0 fully saturated rings. The van der Waals surface area contributed by atoms with E-state index in [-0.39, 0.29) is 5.75 Å². The van der Waals surface area contributed by atoms with Crippen molar-refractivity contribution in [1.82, 2.24) is 0 Å². The molecule has 0 aromatic heterocycles. The van der Waals surface area contributed by atoms with Gasteiger partial charge in [-0.2, -0.15) is 0 Å². The molecule has 0 aliphatic carbocycles. The number of nitro groups is 2. The first-order chi connectivity index (χ1) is 10.9. The van der Waals surface area contributed by atoms with Crippen molar-refractivity contribution in [3.63, 3.8) is 0 Å². The standard InChI is InChI=1S/C15H13FN2O5/c1-2-15(16)10-3-5-13(6-4-10)23-14-8-11(17(19)20)7-12(9-14)18(21)22/h3-9,15H,2H2,1H3. The van der Waals surface area contributed by atoms with Gasteiger partial charge in [-0.1, -0.05) is 19.1 Å². The number of nitrogens with zero attached hydrogens (tertiary/aromatic N) is 2. The van der Waals surface area contributed by atoms with E-state index in [0.717, 1.165) is 18.2 Å². The van der Waals surface area contributed by atoms with Gasteiger partial charge in [0.05, 0.1) is 28.0 Å². The van der Waals surface area contributed by atoms with Gasteiger partial charge in [-0.3, -0.25) is 20.2 Å². The van der Waals surface area contributed by atoms with Crippen molar-refractivity contribution in [2.45, 2.75) is 19.5 Å². The van der Waals surface area contributed by atoms with Crippen LogP contribution in [0, 0.1) is 20.2 Å². The molecule has 0 aliphatic rings. The highest BCUT2D eigenvalue weighted by Crippen LogP contribution is 2.31. The van der Waals surface area contributed by atoms with Gasteiger partial charge in [-0.15, -0.1) is 0 Å². The fraction of sp³-hybridized carbons (Fsp3) is 0.200. The van der Waals surface area contributed by atoms with E-state index in [2.05, 4.69) is 0 Å². The van der Waals surface area contributed by atoms with E-state index in [9.17, 15) is 24.6 Å². The van der Waals surface area contributed by atoms with Gasteiger partial charge in [0.1, 0.15) is 17.7 Å². The van der Waals surface area contributed by atoms with E-state index in [1.807, 2.05) is 0 Å². The summed E-state index contributed by atoms with van der Waals surface area (Å²) in [4.78, 5) is 20.2. The lowest BCUT2D eigenvalue weighted by Gasteiger charge is -2.08. The molecule has 0 bridgehead atoms. The predicted octanol–water partition coefficient (Wildman–Crippen LogP) is 4.72. The minimum Gasteiger partial charge on any atom is -0.457 e. The van der Waals surface area contributed by atoms with Crippen LogP contribution in [0.5, 0.6) is 11.5 Å². The molecule has 0 saturated heterocycles. The lowest BCUT2D eigenvalue weighted by atomic mass is 10.1. The molecule has 2 rings (SSSR count). The fourth-order valence-electron chi connectivity index (χ4n) is 1.95. The van der Waals surface area contributed by atoms with Gasteiger partial charge >= 0.3 is 0 Å². The number of hydrogen-bond donors (Lipinski definition) is 0. The van der Waals surface area contributed by atoms with Crippen LogP contribution in [0.3, 0.4) is 0 Å². The van der Waals surface area contributed by atoms with E-state index in [4.69, 9.17) is 4.74 Å². The number of nitro benzene ring substituents is 2. The van der Waals surface area contributed by atoms with Crippen LogP contribution in [-0.4, -0.2) is 9.85 Å². The number of non-ortho nitro benzene ring substituents is 2. The summed E-state index contributed by atoms with van der Waals surface area (Å²) < 4.78 is 18.9. The molecule has 0 aliphatic heterocycles. The highest BCUT2D eigenvalue weighted by atomic mass is 19.1. The summed E-state index contributed by atoms with van der Waals surface area (Å²) in [6, 6.07) is 9.11. The normalized spacial score (nSPS) is 11.7. The fourth-order valence-corrected chi connectivity index (χ4v) is 1.95. The van der Waals surface area contributed by atoms with E-state index in [1.165, 1.54) is 24.3 Å². The quantitative estimate of drug-likeness (QED) is 0.567. The lowest BCUT2D eigenvalue weighted by Crippen LogP contribution is -1.95. The number of alkyl halides is 1. The summed E-state index contributed by atoms with van der Waals surface area (Å²) in [6.45, 7) is 1.72. The first-order valence-electron chi connectivity index (χ1n) is 6.76. The summed E-state index contributed by atoms with van der Waals surface area (Å²) in [7, 11) is 0. The summed E-state index contributed by atoms with van der Waals surface area (Å²) >= 11 is 0. The molecule has 120 valence electrons. The van der Waals surface area contributed by atoms with Crippen LogP contribution < -0.4 is 4.74 Å². The zero-order valence-corrected chi connectivity index (χ0v) is 12.1. The third kappa shape index (κ3) is 4.00. The number of rotatable bonds is 6. The van der Waals surface area contributed by atoms with Crippen molar-refractivity contribution in [3.8, 4) is 11.5 Å². The van der Waals surface area contributed by atoms with Crippen LogP contribution >= 0.6 is 0 Å². The Balaban J connectivity index is 2.28. The zero-order chi connectivity index (χ0) is 17.0. The Hall–Kier alpha value is -3.03. The molecule has 0 saturated carbocycles. The second kappa shape index (κ2) is 6.82. The van der Waals surface area contributed by atoms with Gasteiger partial charge in [0.15, 0.2) is 0 Å². The molecular formula is C15H13FN2O5. The molecule has 0 heterocycles. The summed E-state index contributed by atoms with van der Waals surface area (Å²) in [6.07, 6.45) is -0.736. The molecule has 2 aromatic carbocycles. The molecule has 0 spiro atoms. The number of ether oxygens (including phenoxy) is 1. The van der Waals surface area contributed by atoms with Gasteiger partial charge in [0.25, 0.3) is 11.4 Å². The maximum absolute atomic E-state index is 13.5. The van der Waals surface area contributed by atoms with Crippen molar-refractivity contribution < 1.29 is 19.0 Å². The monoisotopic (exact) mass is 320 g/mol. The Morgan fingerprint density at radius 3 is 1.96 bits per heavy atom. The van der Waals surface area contributed by atoms with Crippen LogP contribution in [0.4, 0.5) is 15.8 Å². The zero-order valence-electron chi connectivity index (χ0n) is 12.1. The maximum atomic E-state index is 13.5. The minimum absolute atomic E-state index is 0.0362. The summed E-state index contributed by atoms with van der Waals surface area (Å²) in [5, 5.41) is 21.6. The van der Waals surface area contributed by atoms with Gasteiger partial charge in [-0.05, 0) is 24.1 Å². The van der Waals surface area contributed by atoms with Crippen LogP contribution in [0.2, 0.25) is 0 Å². The molecule has 2 aromatic rings. The van der Waals surface area contributed by atoms with Crippen LogP contribution in [-0.2, 0) is 0 Å². The molecule has 23 heavy (non-hydrogen) atoms. The van der Waals surface area contributed by atoms with Crippen molar-refractivity contribution >= 4 is 11.4 Å². The molecule has 1 unspecified atom stereocenters. The van der Waals surface area contributed by atoms with Gasteiger partial charge in [-0.25, -0.2) is 4.39 Å². The number of hydrogen-bond acceptors (Lipinski definition) is 5. The minimum atomic E-state index is -1.08. The molecule has 7 nitrogen and oxygen atoms in total. The first kappa shape index (κ1) is 16.3. The second-order valence-electron chi connectivity index (χ2n) is 4.75. The Labute approximate surface area is 130 Å². The van der Waals surface area contributed by atoms with Crippen LogP contribution in [0.25, 0.3) is 0 Å². The highest BCUT2D eigenvalue weighted by Gasteiger charge is 2.17. The van der Waals surface area contributed by atoms with E-state index < -0.39 is 27.4 Å². The van der Waals surface area contributed by atoms with Crippen molar-refractivity contribution in [2.75, 3.05) is 0 Å². The van der Waals surface area contributed by atoms with E-state index >= 15 is 0 Å². The highest BCUT2D eigenvalue weighted by molar-refractivity contribution is 5.50. The topological polar surface area (TPSA) is 95.5 Å². The SMILES string of the molecule is CCC(F)c1ccc(Oc2cc([N+](=O)[O-])cc([N+](=O)[O-])c2)cc1. The van der Waals surface area contributed by atoms with Crippen molar-refractivity contribution in [2.24, 2.45) is 0 Å². The number of benzene rings is 2. The smallest absolute Gasteiger partial charge is 0.280 e. The average molecular weight is 320 g/mol. The lowest BCUT2D eigenvalue weighted by molar-refractivity contribution is -0.394. The molecule has 8 heteroatoms. The second-order valence-corrected chi connectivity index (χ2v) is 4.75. The van der Waals surface area contributed by atoms with Crippen LogP contribution in [0.1, 0.15) is 25.1 Å². The largest absolute Gasteiger partial charge is 0.457 e. The predicted molar refractivity (Wildman–Crippen MR) is 80.4 cm³/mol. The molecule has 0 N–H and O–H groups in total. The first-order valence-corrected chi connectivity index (χ1v) is 6.76. The van der Waals surface area contributed by atoms with Gasteiger partial charge in [0, 0.05) is 0 Å². The van der Waals surface area contributed by atoms with E-state index in [1.54, 1.807) is 6.92 Å². The summed E-state index contributed by atoms with van der Waals surface area (Å²) in [5.41, 5.74) is -0.397. The van der Waals surface area contributed by atoms with Crippen molar-refractivity contribution in [3.05, 3.63) is 68.3 Å². The van der Waals surface area contributed by atoms with Gasteiger partial charge in [0.2, 0.25) is 0 Å². The van der Waals surface area contributed by atoms with Gasteiger partial charge < -0.3 is 4.74 Å². The molecule has 1 atom stereocenters. The molecule has 0 amide bonds. The Kier molecular flexibility index (Phi) is 4.85. The van der Waals surface area contributed by atoms with Crippen molar-refractivity contribution in [1.29, 1.82) is 0 Å². The molecule has 0 radical (unpaired) electrons.